The van der Waals surface area contributed by atoms with Crippen molar-refractivity contribution < 1.29 is 19.1 Å². The summed E-state index contributed by atoms with van der Waals surface area (Å²) >= 11 is 0. The zero-order valence-electron chi connectivity index (χ0n) is 7.33. The topological polar surface area (TPSA) is 52.6 Å². The van der Waals surface area contributed by atoms with Gasteiger partial charge in [0.1, 0.15) is 13.2 Å². The smallest absolute Gasteiger partial charge is 0.384 e. The summed E-state index contributed by atoms with van der Waals surface area (Å²) in [5, 5.41) is 0. The highest BCUT2D eigenvalue weighted by Gasteiger charge is 2.02. The van der Waals surface area contributed by atoms with Crippen LogP contribution in [0.15, 0.2) is 12.2 Å². The van der Waals surface area contributed by atoms with Crippen LogP contribution in [0.1, 0.15) is 6.92 Å². The van der Waals surface area contributed by atoms with Crippen LogP contribution >= 0.6 is 0 Å². The fourth-order valence-corrected chi connectivity index (χ4v) is 0.434. The summed E-state index contributed by atoms with van der Waals surface area (Å²) in [6.45, 7) is 4.84. The van der Waals surface area contributed by atoms with E-state index in [9.17, 15) is 9.59 Å². The van der Waals surface area contributed by atoms with E-state index in [-0.39, 0.29) is 13.2 Å². The maximum Gasteiger partial charge on any atom is 0.384 e. The van der Waals surface area contributed by atoms with Gasteiger partial charge in [0.2, 0.25) is 0 Å². The predicted molar refractivity (Wildman–Crippen MR) is 45.6 cm³/mol. The van der Waals surface area contributed by atoms with E-state index < -0.39 is 11.9 Å². The first kappa shape index (κ1) is 11.2. The molecule has 70 valence electrons. The van der Waals surface area contributed by atoms with Gasteiger partial charge >= 0.3 is 11.9 Å². The van der Waals surface area contributed by atoms with Gasteiger partial charge in [0.15, 0.2) is 0 Å². The molecule has 4 heteroatoms. The Bertz CT molecular complexity index is 259. The predicted octanol–water partition coefficient (Wildman–Crippen LogP) is 0.282. The molecule has 0 unspecified atom stereocenters. The van der Waals surface area contributed by atoms with Crippen LogP contribution in [0.4, 0.5) is 0 Å². The maximum absolute atomic E-state index is 10.8. The molecule has 0 aromatic rings. The van der Waals surface area contributed by atoms with E-state index in [0.29, 0.717) is 5.57 Å². The molecule has 0 aromatic carbocycles. The average Bonchev–Trinajstić information content (AvgIpc) is 2.11. The molecule has 0 aromatic heterocycles. The third-order valence-electron chi connectivity index (χ3n) is 1.02. The van der Waals surface area contributed by atoms with Gasteiger partial charge in [-0.1, -0.05) is 6.58 Å². The first-order valence-corrected chi connectivity index (χ1v) is 3.54. The van der Waals surface area contributed by atoms with Crippen molar-refractivity contribution in [3.05, 3.63) is 12.2 Å². The minimum Gasteiger partial charge on any atom is -0.459 e. The van der Waals surface area contributed by atoms with Crippen molar-refractivity contribution in [1.82, 2.24) is 0 Å². The summed E-state index contributed by atoms with van der Waals surface area (Å²) < 4.78 is 9.05. The van der Waals surface area contributed by atoms with E-state index in [0.717, 1.165) is 0 Å². The zero-order chi connectivity index (χ0) is 10.3. The second-order valence-corrected chi connectivity index (χ2v) is 2.20. The monoisotopic (exact) mass is 182 g/mol. The summed E-state index contributed by atoms with van der Waals surface area (Å²) in [6.07, 6.45) is 4.72. The first-order valence-electron chi connectivity index (χ1n) is 3.54. The van der Waals surface area contributed by atoms with Gasteiger partial charge in [-0.25, -0.2) is 9.59 Å². The Morgan fingerprint density at radius 2 is 1.92 bits per heavy atom. The fourth-order valence-electron chi connectivity index (χ4n) is 0.434. The van der Waals surface area contributed by atoms with Crippen LogP contribution in [0.3, 0.4) is 0 Å². The van der Waals surface area contributed by atoms with Crippen molar-refractivity contribution in [2.24, 2.45) is 0 Å². The third-order valence-corrected chi connectivity index (χ3v) is 1.02. The van der Waals surface area contributed by atoms with Crippen molar-refractivity contribution in [3.8, 4) is 12.3 Å². The number of hydrogen-bond acceptors (Lipinski definition) is 4. The number of hydrogen-bond donors (Lipinski definition) is 0. The number of carbonyl (C=O) groups is 2. The summed E-state index contributed by atoms with van der Waals surface area (Å²) in [6, 6.07) is 0. The van der Waals surface area contributed by atoms with Gasteiger partial charge in [0, 0.05) is 11.5 Å². The van der Waals surface area contributed by atoms with E-state index >= 15 is 0 Å². The van der Waals surface area contributed by atoms with Gasteiger partial charge in [-0.3, -0.25) is 0 Å². The van der Waals surface area contributed by atoms with Gasteiger partial charge in [-0.05, 0) is 6.92 Å². The number of ether oxygens (including phenoxy) is 2. The van der Waals surface area contributed by atoms with Crippen LogP contribution in [0.25, 0.3) is 0 Å². The molecule has 0 saturated carbocycles. The van der Waals surface area contributed by atoms with Gasteiger partial charge < -0.3 is 9.47 Å². The molecule has 0 spiro atoms. The zero-order valence-corrected chi connectivity index (χ0v) is 7.33. The van der Waals surface area contributed by atoms with Crippen molar-refractivity contribution in [3.63, 3.8) is 0 Å². The Balaban J connectivity index is 3.48. The molecule has 0 amide bonds. The summed E-state index contributed by atoms with van der Waals surface area (Å²) in [5.41, 5.74) is 0.295. The second kappa shape index (κ2) is 5.84. The SMILES string of the molecule is C#CC(=O)OCCOC(=O)C(=C)C. The quantitative estimate of drug-likeness (QED) is 0.206. The molecule has 0 atom stereocenters. The molecule has 0 N–H and O–H groups in total. The lowest BCUT2D eigenvalue weighted by Crippen LogP contribution is -2.13. The van der Waals surface area contributed by atoms with E-state index in [1.807, 2.05) is 0 Å². The average molecular weight is 182 g/mol. The van der Waals surface area contributed by atoms with Crippen LogP contribution in [0, 0.1) is 12.3 Å². The lowest BCUT2D eigenvalue weighted by Gasteiger charge is -2.03. The first-order chi connectivity index (χ1) is 6.07. The number of carbonyl (C=O) groups excluding carboxylic acids is 2. The Morgan fingerprint density at radius 3 is 2.38 bits per heavy atom. The maximum atomic E-state index is 10.8. The van der Waals surface area contributed by atoms with Crippen LogP contribution in [-0.2, 0) is 19.1 Å². The lowest BCUT2D eigenvalue weighted by atomic mass is 10.4. The van der Waals surface area contributed by atoms with Crippen LogP contribution in [0.2, 0.25) is 0 Å². The normalized spacial score (nSPS) is 8.31. The molecule has 0 radical (unpaired) electrons. The van der Waals surface area contributed by atoms with Crippen LogP contribution in [0.5, 0.6) is 0 Å². The molecular weight excluding hydrogens is 172 g/mol. The number of esters is 2. The third kappa shape index (κ3) is 5.50. The highest BCUT2D eigenvalue weighted by atomic mass is 16.6. The van der Waals surface area contributed by atoms with E-state index in [4.69, 9.17) is 6.42 Å². The largest absolute Gasteiger partial charge is 0.459 e. The molecule has 0 heterocycles. The van der Waals surface area contributed by atoms with Gasteiger partial charge in [-0.2, -0.15) is 0 Å². The second-order valence-electron chi connectivity index (χ2n) is 2.20. The Kier molecular flexibility index (Phi) is 5.05. The molecule has 0 aliphatic heterocycles. The number of rotatable bonds is 4. The van der Waals surface area contributed by atoms with Crippen molar-refractivity contribution in [1.29, 1.82) is 0 Å². The van der Waals surface area contributed by atoms with Crippen molar-refractivity contribution in [2.45, 2.75) is 6.92 Å². The number of terminal acetylenes is 1. The Hall–Kier alpha value is -1.76. The summed E-state index contributed by atoms with van der Waals surface area (Å²) in [7, 11) is 0. The highest BCUT2D eigenvalue weighted by Crippen LogP contribution is 1.91. The fraction of sp³-hybridized carbons (Fsp3) is 0.333. The van der Waals surface area contributed by atoms with E-state index in [1.165, 1.54) is 6.92 Å². The minimum absolute atomic E-state index is 0.0148. The lowest BCUT2D eigenvalue weighted by molar-refractivity contribution is -0.146. The van der Waals surface area contributed by atoms with Crippen LogP contribution in [-0.4, -0.2) is 25.2 Å². The van der Waals surface area contributed by atoms with Crippen molar-refractivity contribution in [2.75, 3.05) is 13.2 Å². The molecule has 0 rings (SSSR count). The molecule has 0 aliphatic rings. The van der Waals surface area contributed by atoms with Crippen molar-refractivity contribution >= 4 is 11.9 Å². The molecule has 0 saturated heterocycles. The molecule has 0 fully saturated rings. The highest BCUT2D eigenvalue weighted by molar-refractivity contribution is 5.88. The van der Waals surface area contributed by atoms with Gasteiger partial charge in [0.25, 0.3) is 0 Å². The van der Waals surface area contributed by atoms with E-state index in [2.05, 4.69) is 16.1 Å². The molecular formula is C9H10O4. The summed E-state index contributed by atoms with van der Waals surface area (Å²) in [4.78, 5) is 21.1. The standard InChI is InChI=1S/C9H10O4/c1-4-8(10)12-5-6-13-9(11)7(2)3/h1H,2,5-6H2,3H3. The minimum atomic E-state index is -0.772. The molecule has 0 bridgehead atoms. The van der Waals surface area contributed by atoms with E-state index in [1.54, 1.807) is 5.92 Å². The molecule has 0 aliphatic carbocycles. The Morgan fingerprint density at radius 1 is 1.38 bits per heavy atom. The van der Waals surface area contributed by atoms with Gasteiger partial charge in [-0.15, -0.1) is 6.42 Å². The molecule has 4 nitrogen and oxygen atoms in total. The van der Waals surface area contributed by atoms with Crippen LogP contribution < -0.4 is 0 Å². The molecule has 13 heavy (non-hydrogen) atoms. The Labute approximate surface area is 76.5 Å². The van der Waals surface area contributed by atoms with Gasteiger partial charge in [0.05, 0.1) is 0 Å². The summed E-state index contributed by atoms with van der Waals surface area (Å²) in [5.74, 6) is 0.468.